The number of methoxy groups -OCH3 is 1. The zero-order valence-corrected chi connectivity index (χ0v) is 10.9. The average Bonchev–Trinajstić information content (AvgIpc) is 2.71. The molecule has 1 amide bonds. The topological polar surface area (TPSA) is 38.3 Å². The van der Waals surface area contributed by atoms with Gasteiger partial charge in [-0.2, -0.15) is 11.3 Å². The van der Waals surface area contributed by atoms with E-state index in [2.05, 4.69) is 21.2 Å². The van der Waals surface area contributed by atoms with Crippen LogP contribution in [-0.2, 0) is 4.74 Å². The molecule has 0 aliphatic rings. The summed E-state index contributed by atoms with van der Waals surface area (Å²) < 4.78 is 5.04. The van der Waals surface area contributed by atoms with Crippen molar-refractivity contribution in [3.05, 3.63) is 22.4 Å². The minimum atomic E-state index is -0.0285. The highest BCUT2D eigenvalue weighted by Crippen LogP contribution is 2.06. The Labute approximate surface area is 102 Å². The first kappa shape index (κ1) is 12.7. The molecule has 0 radical (unpaired) electrons. The third-order valence-corrected chi connectivity index (χ3v) is 3.09. The lowest BCUT2D eigenvalue weighted by Crippen LogP contribution is -2.38. The van der Waals surface area contributed by atoms with Gasteiger partial charge in [0.05, 0.1) is 12.6 Å². The first-order chi connectivity index (χ1) is 7.27. The molecule has 0 saturated heterocycles. The van der Waals surface area contributed by atoms with Gasteiger partial charge >= 0.3 is 0 Å². The molecule has 1 unspecified atom stereocenters. The summed E-state index contributed by atoms with van der Waals surface area (Å²) in [5.74, 6) is -0.0285. The number of carbonyl (C=O) groups is 1. The number of hydrogen-bond donors (Lipinski definition) is 1. The Morgan fingerprint density at radius 3 is 3.07 bits per heavy atom. The Hall–Kier alpha value is -0.390. The van der Waals surface area contributed by atoms with Crippen molar-refractivity contribution in [2.75, 3.05) is 19.0 Å². The largest absolute Gasteiger partial charge is 0.383 e. The SMILES string of the molecule is COCC(CCBr)NC(=O)c1ccsc1. The van der Waals surface area contributed by atoms with Crippen molar-refractivity contribution in [2.24, 2.45) is 0 Å². The second-order valence-corrected chi connectivity index (χ2v) is 4.69. The summed E-state index contributed by atoms with van der Waals surface area (Å²) in [4.78, 5) is 11.7. The molecule has 0 saturated carbocycles. The van der Waals surface area contributed by atoms with Gasteiger partial charge < -0.3 is 10.1 Å². The van der Waals surface area contributed by atoms with Crippen molar-refractivity contribution in [3.63, 3.8) is 0 Å². The van der Waals surface area contributed by atoms with E-state index < -0.39 is 0 Å². The van der Waals surface area contributed by atoms with E-state index in [1.165, 1.54) is 11.3 Å². The van der Waals surface area contributed by atoms with E-state index in [1.54, 1.807) is 7.11 Å². The summed E-state index contributed by atoms with van der Waals surface area (Å²) in [5.41, 5.74) is 0.718. The second kappa shape index (κ2) is 6.98. The standard InChI is InChI=1S/C10H14BrNO2S/c1-14-6-9(2-4-11)12-10(13)8-3-5-15-7-8/h3,5,7,9H,2,4,6H2,1H3,(H,12,13). The molecule has 1 atom stereocenters. The molecule has 1 rings (SSSR count). The lowest BCUT2D eigenvalue weighted by molar-refractivity contribution is 0.0896. The van der Waals surface area contributed by atoms with E-state index >= 15 is 0 Å². The van der Waals surface area contributed by atoms with Crippen LogP contribution in [-0.4, -0.2) is 31.0 Å². The molecule has 15 heavy (non-hydrogen) atoms. The Kier molecular flexibility index (Phi) is 5.90. The molecule has 0 fully saturated rings. The van der Waals surface area contributed by atoms with E-state index in [0.29, 0.717) is 6.61 Å². The van der Waals surface area contributed by atoms with Crippen LogP contribution in [0.1, 0.15) is 16.8 Å². The molecule has 0 aromatic carbocycles. The van der Waals surface area contributed by atoms with Gasteiger partial charge in [-0.1, -0.05) is 15.9 Å². The first-order valence-electron chi connectivity index (χ1n) is 4.66. The summed E-state index contributed by atoms with van der Waals surface area (Å²) in [6, 6.07) is 1.89. The summed E-state index contributed by atoms with van der Waals surface area (Å²) in [7, 11) is 1.64. The van der Waals surface area contributed by atoms with Gasteiger partial charge in [-0.25, -0.2) is 0 Å². The fraction of sp³-hybridized carbons (Fsp3) is 0.500. The molecular weight excluding hydrogens is 278 g/mol. The number of carbonyl (C=O) groups excluding carboxylic acids is 1. The van der Waals surface area contributed by atoms with E-state index in [0.717, 1.165) is 17.3 Å². The number of ether oxygens (including phenoxy) is 1. The van der Waals surface area contributed by atoms with Gasteiger partial charge in [-0.15, -0.1) is 0 Å². The molecule has 5 heteroatoms. The number of rotatable bonds is 6. The van der Waals surface area contributed by atoms with Crippen LogP contribution in [0.4, 0.5) is 0 Å². The highest BCUT2D eigenvalue weighted by atomic mass is 79.9. The molecule has 84 valence electrons. The first-order valence-corrected chi connectivity index (χ1v) is 6.72. The van der Waals surface area contributed by atoms with Gasteiger partial charge in [0.1, 0.15) is 0 Å². The number of hydrogen-bond acceptors (Lipinski definition) is 3. The van der Waals surface area contributed by atoms with Crippen molar-refractivity contribution >= 4 is 33.2 Å². The van der Waals surface area contributed by atoms with Gasteiger partial charge in [0, 0.05) is 23.4 Å². The van der Waals surface area contributed by atoms with Crippen LogP contribution in [0.5, 0.6) is 0 Å². The van der Waals surface area contributed by atoms with E-state index in [4.69, 9.17) is 4.74 Å². The Bertz CT molecular complexity index is 284. The fourth-order valence-corrected chi connectivity index (χ4v) is 2.38. The zero-order valence-electron chi connectivity index (χ0n) is 8.53. The van der Waals surface area contributed by atoms with Crippen molar-refractivity contribution in [1.29, 1.82) is 0 Å². The van der Waals surface area contributed by atoms with Gasteiger partial charge in [0.15, 0.2) is 0 Å². The summed E-state index contributed by atoms with van der Waals surface area (Å²) >= 11 is 4.87. The van der Waals surface area contributed by atoms with Crippen LogP contribution in [0.3, 0.4) is 0 Å². The minimum absolute atomic E-state index is 0.0285. The molecule has 3 nitrogen and oxygen atoms in total. The molecule has 1 aromatic heterocycles. The van der Waals surface area contributed by atoms with Crippen LogP contribution in [0.25, 0.3) is 0 Å². The molecule has 0 bridgehead atoms. The number of amides is 1. The van der Waals surface area contributed by atoms with Gasteiger partial charge in [-0.3, -0.25) is 4.79 Å². The average molecular weight is 292 g/mol. The lowest BCUT2D eigenvalue weighted by Gasteiger charge is -2.16. The molecule has 1 heterocycles. The molecule has 0 aliphatic heterocycles. The molecule has 1 aromatic rings. The van der Waals surface area contributed by atoms with Crippen molar-refractivity contribution in [2.45, 2.75) is 12.5 Å². The summed E-state index contributed by atoms with van der Waals surface area (Å²) in [6.07, 6.45) is 0.865. The summed E-state index contributed by atoms with van der Waals surface area (Å²) in [5, 5.41) is 7.52. The molecule has 1 N–H and O–H groups in total. The monoisotopic (exact) mass is 291 g/mol. The number of thiophene rings is 1. The van der Waals surface area contributed by atoms with Crippen LogP contribution in [0.2, 0.25) is 0 Å². The third kappa shape index (κ3) is 4.32. The molecule has 0 spiro atoms. The Morgan fingerprint density at radius 2 is 2.53 bits per heavy atom. The van der Waals surface area contributed by atoms with Gasteiger partial charge in [-0.05, 0) is 17.9 Å². The highest BCUT2D eigenvalue weighted by molar-refractivity contribution is 9.09. The maximum Gasteiger partial charge on any atom is 0.252 e. The van der Waals surface area contributed by atoms with E-state index in [-0.39, 0.29) is 11.9 Å². The number of halogens is 1. The van der Waals surface area contributed by atoms with E-state index in [9.17, 15) is 4.79 Å². The number of alkyl halides is 1. The van der Waals surface area contributed by atoms with Crippen molar-refractivity contribution < 1.29 is 9.53 Å². The smallest absolute Gasteiger partial charge is 0.252 e. The van der Waals surface area contributed by atoms with Crippen molar-refractivity contribution in [3.8, 4) is 0 Å². The maximum absolute atomic E-state index is 11.7. The minimum Gasteiger partial charge on any atom is -0.383 e. The zero-order chi connectivity index (χ0) is 11.1. The predicted octanol–water partition coefficient (Wildman–Crippen LogP) is 2.28. The van der Waals surface area contributed by atoms with Gasteiger partial charge in [0.2, 0.25) is 0 Å². The second-order valence-electron chi connectivity index (χ2n) is 3.12. The quantitative estimate of drug-likeness (QED) is 0.817. The third-order valence-electron chi connectivity index (χ3n) is 1.94. The Morgan fingerprint density at radius 1 is 1.73 bits per heavy atom. The lowest BCUT2D eigenvalue weighted by atomic mass is 10.2. The van der Waals surface area contributed by atoms with Crippen LogP contribution in [0.15, 0.2) is 16.8 Å². The number of nitrogens with one attached hydrogen (secondary N) is 1. The molecule has 0 aliphatic carbocycles. The van der Waals surface area contributed by atoms with Crippen molar-refractivity contribution in [1.82, 2.24) is 5.32 Å². The van der Waals surface area contributed by atoms with Gasteiger partial charge in [0.25, 0.3) is 5.91 Å². The Balaban J connectivity index is 2.47. The normalized spacial score (nSPS) is 12.4. The molecular formula is C10H14BrNO2S. The highest BCUT2D eigenvalue weighted by Gasteiger charge is 2.12. The predicted molar refractivity (Wildman–Crippen MR) is 65.9 cm³/mol. The summed E-state index contributed by atoms with van der Waals surface area (Å²) in [6.45, 7) is 0.543. The van der Waals surface area contributed by atoms with Crippen LogP contribution in [0, 0.1) is 0 Å². The van der Waals surface area contributed by atoms with Crippen LogP contribution >= 0.6 is 27.3 Å². The van der Waals surface area contributed by atoms with E-state index in [1.807, 2.05) is 16.8 Å². The van der Waals surface area contributed by atoms with Crippen LogP contribution < -0.4 is 5.32 Å². The fourth-order valence-electron chi connectivity index (χ4n) is 1.19. The maximum atomic E-state index is 11.7.